The van der Waals surface area contributed by atoms with E-state index in [1.54, 1.807) is 0 Å². The molecule has 3 rings (SSSR count). The van der Waals surface area contributed by atoms with Crippen LogP contribution >= 0.6 is 11.6 Å². The summed E-state index contributed by atoms with van der Waals surface area (Å²) in [6.07, 6.45) is 3.03. The summed E-state index contributed by atoms with van der Waals surface area (Å²) in [5.74, 6) is 0. The van der Waals surface area contributed by atoms with Crippen molar-refractivity contribution < 1.29 is 0 Å². The maximum Gasteiger partial charge on any atom is 0.0537 e. The van der Waals surface area contributed by atoms with E-state index in [0.717, 1.165) is 18.0 Å². The minimum absolute atomic E-state index is 0.198. The fraction of sp³-hybridized carbons (Fsp3) is 0.471. The van der Waals surface area contributed by atoms with Crippen LogP contribution in [-0.2, 0) is 20.0 Å². The molecule has 1 aliphatic rings. The Morgan fingerprint density at radius 2 is 2.19 bits per heavy atom. The smallest absolute Gasteiger partial charge is 0.0537 e. The number of nitrogens with zero attached hydrogens (tertiary/aromatic N) is 2. The Labute approximate surface area is 131 Å². The molecule has 4 heteroatoms. The molecule has 0 bridgehead atoms. The normalized spacial score (nSPS) is 19.8. The van der Waals surface area contributed by atoms with Gasteiger partial charge in [-0.05, 0) is 42.0 Å². The lowest BCUT2D eigenvalue weighted by molar-refractivity contribution is 0.268. The van der Waals surface area contributed by atoms with Crippen molar-refractivity contribution in [3.63, 3.8) is 0 Å². The SMILES string of the molecule is Cc1c(CNC2c3cc(Cl)ccc3CC2(C)C)cnn1C. The van der Waals surface area contributed by atoms with E-state index in [-0.39, 0.29) is 5.41 Å². The van der Waals surface area contributed by atoms with Gasteiger partial charge in [0.1, 0.15) is 0 Å². The maximum atomic E-state index is 6.19. The number of aryl methyl sites for hydroxylation is 1. The van der Waals surface area contributed by atoms with Gasteiger partial charge in [-0.3, -0.25) is 4.68 Å². The van der Waals surface area contributed by atoms with Gasteiger partial charge in [-0.25, -0.2) is 0 Å². The van der Waals surface area contributed by atoms with Crippen molar-refractivity contribution in [2.45, 2.75) is 39.8 Å². The van der Waals surface area contributed by atoms with E-state index >= 15 is 0 Å². The van der Waals surface area contributed by atoms with Crippen LogP contribution in [0.2, 0.25) is 5.02 Å². The molecule has 1 aromatic carbocycles. The fourth-order valence-corrected chi connectivity index (χ4v) is 3.51. The van der Waals surface area contributed by atoms with Crippen LogP contribution in [0.3, 0.4) is 0 Å². The zero-order valence-corrected chi connectivity index (χ0v) is 13.8. The highest BCUT2D eigenvalue weighted by Gasteiger charge is 2.38. The molecule has 2 aromatic rings. The first kappa shape index (κ1) is 14.6. The minimum atomic E-state index is 0.198. The molecule has 0 amide bonds. The summed E-state index contributed by atoms with van der Waals surface area (Å²) in [5, 5.41) is 8.84. The number of hydrogen-bond donors (Lipinski definition) is 1. The van der Waals surface area contributed by atoms with Crippen molar-refractivity contribution in [3.05, 3.63) is 51.8 Å². The lowest BCUT2D eigenvalue weighted by Gasteiger charge is -2.28. The number of halogens is 1. The molecule has 0 saturated carbocycles. The highest BCUT2D eigenvalue weighted by Crippen LogP contribution is 2.46. The predicted octanol–water partition coefficient (Wildman–Crippen LogP) is 3.80. The van der Waals surface area contributed by atoms with Gasteiger partial charge in [0.05, 0.1) is 6.20 Å². The van der Waals surface area contributed by atoms with Gasteiger partial charge >= 0.3 is 0 Å². The van der Waals surface area contributed by atoms with Gasteiger partial charge in [-0.15, -0.1) is 0 Å². The molecule has 0 fully saturated rings. The van der Waals surface area contributed by atoms with E-state index in [1.165, 1.54) is 22.4 Å². The van der Waals surface area contributed by atoms with E-state index in [0.29, 0.717) is 6.04 Å². The Hall–Kier alpha value is -1.32. The average Bonchev–Trinajstić information content (AvgIpc) is 2.85. The van der Waals surface area contributed by atoms with Crippen LogP contribution in [0.5, 0.6) is 0 Å². The average molecular weight is 304 g/mol. The Bertz CT molecular complexity index is 673. The van der Waals surface area contributed by atoms with E-state index in [9.17, 15) is 0 Å². The molecule has 21 heavy (non-hydrogen) atoms. The molecule has 1 aromatic heterocycles. The molecule has 1 heterocycles. The molecule has 0 spiro atoms. The Morgan fingerprint density at radius 3 is 2.86 bits per heavy atom. The van der Waals surface area contributed by atoms with Gasteiger partial charge in [0.2, 0.25) is 0 Å². The number of aromatic nitrogens is 2. The second-order valence-electron chi connectivity index (χ2n) is 6.70. The van der Waals surface area contributed by atoms with E-state index < -0.39 is 0 Å². The van der Waals surface area contributed by atoms with Crippen molar-refractivity contribution in [3.8, 4) is 0 Å². The van der Waals surface area contributed by atoms with Crippen LogP contribution in [0.15, 0.2) is 24.4 Å². The standard InChI is InChI=1S/C17H22ClN3/c1-11-13(10-20-21(11)4)9-19-16-15-7-14(18)6-5-12(15)8-17(16,2)3/h5-7,10,16,19H,8-9H2,1-4H3. The highest BCUT2D eigenvalue weighted by atomic mass is 35.5. The predicted molar refractivity (Wildman–Crippen MR) is 86.5 cm³/mol. The van der Waals surface area contributed by atoms with Crippen molar-refractivity contribution in [1.29, 1.82) is 0 Å². The molecule has 0 aliphatic heterocycles. The van der Waals surface area contributed by atoms with Crippen LogP contribution in [0.4, 0.5) is 0 Å². The largest absolute Gasteiger partial charge is 0.305 e. The summed E-state index contributed by atoms with van der Waals surface area (Å²) in [5.41, 5.74) is 5.41. The summed E-state index contributed by atoms with van der Waals surface area (Å²) >= 11 is 6.19. The fourth-order valence-electron chi connectivity index (χ4n) is 3.33. The lowest BCUT2D eigenvalue weighted by atomic mass is 9.85. The number of rotatable bonds is 3. The first-order valence-corrected chi connectivity index (χ1v) is 7.75. The van der Waals surface area contributed by atoms with Crippen LogP contribution in [0.25, 0.3) is 0 Å². The van der Waals surface area contributed by atoms with E-state index in [1.807, 2.05) is 24.0 Å². The third-order valence-corrected chi connectivity index (χ3v) is 4.92. The third kappa shape index (κ3) is 2.60. The minimum Gasteiger partial charge on any atom is -0.305 e. The summed E-state index contributed by atoms with van der Waals surface area (Å²) < 4.78 is 1.92. The van der Waals surface area contributed by atoms with Crippen LogP contribution in [0.1, 0.15) is 42.3 Å². The Morgan fingerprint density at radius 1 is 1.43 bits per heavy atom. The van der Waals surface area contributed by atoms with Gasteiger partial charge in [-0.2, -0.15) is 5.10 Å². The monoisotopic (exact) mass is 303 g/mol. The number of fused-ring (bicyclic) bond motifs is 1. The van der Waals surface area contributed by atoms with Crippen molar-refractivity contribution in [1.82, 2.24) is 15.1 Å². The van der Waals surface area contributed by atoms with Crippen LogP contribution < -0.4 is 5.32 Å². The van der Waals surface area contributed by atoms with E-state index in [2.05, 4.69) is 43.3 Å². The molecular weight excluding hydrogens is 282 g/mol. The molecule has 0 saturated heterocycles. The topological polar surface area (TPSA) is 29.9 Å². The molecule has 3 nitrogen and oxygen atoms in total. The molecule has 0 radical (unpaired) electrons. The number of nitrogens with one attached hydrogen (secondary N) is 1. The zero-order valence-electron chi connectivity index (χ0n) is 13.1. The highest BCUT2D eigenvalue weighted by molar-refractivity contribution is 6.30. The first-order valence-electron chi connectivity index (χ1n) is 7.37. The molecule has 1 atom stereocenters. The lowest BCUT2D eigenvalue weighted by Crippen LogP contribution is -2.30. The molecule has 1 N–H and O–H groups in total. The number of hydrogen-bond acceptors (Lipinski definition) is 2. The van der Waals surface area contributed by atoms with Crippen LogP contribution in [-0.4, -0.2) is 9.78 Å². The molecular formula is C17H22ClN3. The second-order valence-corrected chi connectivity index (χ2v) is 7.14. The quantitative estimate of drug-likeness (QED) is 0.935. The molecule has 1 aliphatic carbocycles. The summed E-state index contributed by atoms with van der Waals surface area (Å²) in [4.78, 5) is 0. The van der Waals surface area contributed by atoms with Crippen molar-refractivity contribution in [2.75, 3.05) is 0 Å². The third-order valence-electron chi connectivity index (χ3n) is 4.68. The van der Waals surface area contributed by atoms with Gasteiger partial charge in [-0.1, -0.05) is 31.5 Å². The Balaban J connectivity index is 1.84. The zero-order chi connectivity index (χ0) is 15.2. The summed E-state index contributed by atoms with van der Waals surface area (Å²) in [6.45, 7) is 7.57. The Kier molecular flexibility index (Phi) is 3.58. The molecule has 112 valence electrons. The number of benzene rings is 1. The van der Waals surface area contributed by atoms with Gasteiger partial charge in [0.25, 0.3) is 0 Å². The maximum absolute atomic E-state index is 6.19. The van der Waals surface area contributed by atoms with Crippen molar-refractivity contribution in [2.24, 2.45) is 12.5 Å². The van der Waals surface area contributed by atoms with Crippen molar-refractivity contribution >= 4 is 11.6 Å². The van der Waals surface area contributed by atoms with Gasteiger partial charge < -0.3 is 5.32 Å². The van der Waals surface area contributed by atoms with Gasteiger partial charge in [0, 0.05) is 35.9 Å². The van der Waals surface area contributed by atoms with Crippen LogP contribution in [0, 0.1) is 12.3 Å². The summed E-state index contributed by atoms with van der Waals surface area (Å²) in [6, 6.07) is 6.59. The first-order chi connectivity index (χ1) is 9.88. The second kappa shape index (κ2) is 5.15. The van der Waals surface area contributed by atoms with Gasteiger partial charge in [0.15, 0.2) is 0 Å². The molecule has 1 unspecified atom stereocenters. The van der Waals surface area contributed by atoms with E-state index in [4.69, 9.17) is 11.6 Å². The summed E-state index contributed by atoms with van der Waals surface area (Å²) in [7, 11) is 1.98.